The molecule has 0 unspecified atom stereocenters. The lowest BCUT2D eigenvalue weighted by molar-refractivity contribution is -0.119. The van der Waals surface area contributed by atoms with Crippen molar-refractivity contribution in [1.82, 2.24) is 10.0 Å². The average Bonchev–Trinajstić information content (AvgIpc) is 2.37. The van der Waals surface area contributed by atoms with Crippen molar-refractivity contribution >= 4 is 15.9 Å². The van der Waals surface area contributed by atoms with Gasteiger partial charge in [-0.25, -0.2) is 13.1 Å². The fraction of sp³-hybridized carbons (Fsp3) is 0.462. The summed E-state index contributed by atoms with van der Waals surface area (Å²) in [5.74, 6) is -0.325. The molecule has 5 nitrogen and oxygen atoms in total. The van der Waals surface area contributed by atoms with Gasteiger partial charge in [0.05, 0.1) is 11.4 Å². The van der Waals surface area contributed by atoms with E-state index in [1.54, 1.807) is 12.1 Å². The molecule has 19 heavy (non-hydrogen) atoms. The van der Waals surface area contributed by atoms with Crippen LogP contribution in [0.5, 0.6) is 0 Å². The van der Waals surface area contributed by atoms with E-state index in [2.05, 4.69) is 10.0 Å². The molecule has 0 aliphatic rings. The zero-order valence-electron chi connectivity index (χ0n) is 11.5. The fourth-order valence-electron chi connectivity index (χ4n) is 1.45. The molecular weight excluding hydrogens is 264 g/mol. The van der Waals surface area contributed by atoms with E-state index in [0.717, 1.165) is 17.5 Å². The second-order valence-corrected chi connectivity index (χ2v) is 6.19. The normalized spacial score (nSPS) is 11.3. The molecule has 0 aliphatic carbocycles. The summed E-state index contributed by atoms with van der Waals surface area (Å²) in [5, 5.41) is 2.61. The van der Waals surface area contributed by atoms with E-state index in [0.29, 0.717) is 6.54 Å². The fourth-order valence-corrected chi connectivity index (χ4v) is 2.52. The molecule has 0 saturated carbocycles. The van der Waals surface area contributed by atoms with E-state index in [1.165, 1.54) is 6.07 Å². The van der Waals surface area contributed by atoms with Crippen LogP contribution in [0, 0.1) is 13.8 Å². The van der Waals surface area contributed by atoms with Gasteiger partial charge in [0.1, 0.15) is 0 Å². The predicted octanol–water partition coefficient (Wildman–Crippen LogP) is 1.11. The van der Waals surface area contributed by atoms with Gasteiger partial charge in [-0.1, -0.05) is 13.0 Å². The summed E-state index contributed by atoms with van der Waals surface area (Å²) in [6, 6.07) is 4.89. The SMILES string of the molecule is CCCNC(=O)CNS(=O)(=O)c1ccc(C)c(C)c1. The summed E-state index contributed by atoms with van der Waals surface area (Å²) >= 11 is 0. The molecular formula is C13H20N2O3S. The number of carbonyl (C=O) groups is 1. The van der Waals surface area contributed by atoms with E-state index in [4.69, 9.17) is 0 Å². The number of benzene rings is 1. The largest absolute Gasteiger partial charge is 0.355 e. The minimum atomic E-state index is -3.63. The van der Waals surface area contributed by atoms with Crippen LogP contribution in [0.3, 0.4) is 0 Å². The first-order chi connectivity index (χ1) is 8.86. The van der Waals surface area contributed by atoms with Crippen molar-refractivity contribution in [2.24, 2.45) is 0 Å². The molecule has 0 radical (unpaired) electrons. The highest BCUT2D eigenvalue weighted by Crippen LogP contribution is 2.14. The van der Waals surface area contributed by atoms with Gasteiger partial charge in [0, 0.05) is 6.54 Å². The van der Waals surface area contributed by atoms with Crippen LogP contribution >= 0.6 is 0 Å². The van der Waals surface area contributed by atoms with Gasteiger partial charge in [0.15, 0.2) is 0 Å². The third-order valence-electron chi connectivity index (χ3n) is 2.78. The van der Waals surface area contributed by atoms with Crippen molar-refractivity contribution in [3.63, 3.8) is 0 Å². The molecule has 1 aromatic carbocycles. The van der Waals surface area contributed by atoms with Crippen LogP contribution in [0.15, 0.2) is 23.1 Å². The highest BCUT2D eigenvalue weighted by Gasteiger charge is 2.15. The van der Waals surface area contributed by atoms with Crippen LogP contribution in [0.4, 0.5) is 0 Å². The third-order valence-corrected chi connectivity index (χ3v) is 4.18. The van der Waals surface area contributed by atoms with Crippen LogP contribution in [0.2, 0.25) is 0 Å². The number of nitrogens with one attached hydrogen (secondary N) is 2. The first kappa shape index (κ1) is 15.7. The molecule has 0 atom stereocenters. The number of carbonyl (C=O) groups excluding carboxylic acids is 1. The molecule has 106 valence electrons. The molecule has 1 rings (SSSR count). The van der Waals surface area contributed by atoms with E-state index < -0.39 is 10.0 Å². The second kappa shape index (κ2) is 6.68. The first-order valence-electron chi connectivity index (χ1n) is 6.20. The number of sulfonamides is 1. The van der Waals surface area contributed by atoms with Gasteiger partial charge in [0.25, 0.3) is 0 Å². The van der Waals surface area contributed by atoms with Crippen molar-refractivity contribution in [2.75, 3.05) is 13.1 Å². The number of rotatable bonds is 6. The van der Waals surface area contributed by atoms with Gasteiger partial charge in [-0.05, 0) is 43.5 Å². The minimum absolute atomic E-state index is 0.180. The number of amides is 1. The van der Waals surface area contributed by atoms with Gasteiger partial charge in [-0.15, -0.1) is 0 Å². The Bertz CT molecular complexity index is 553. The zero-order chi connectivity index (χ0) is 14.5. The maximum Gasteiger partial charge on any atom is 0.241 e. The summed E-state index contributed by atoms with van der Waals surface area (Å²) < 4.78 is 26.3. The topological polar surface area (TPSA) is 75.3 Å². The van der Waals surface area contributed by atoms with Gasteiger partial charge >= 0.3 is 0 Å². The monoisotopic (exact) mass is 284 g/mol. The van der Waals surface area contributed by atoms with Crippen molar-refractivity contribution < 1.29 is 13.2 Å². The quantitative estimate of drug-likeness (QED) is 0.821. The van der Waals surface area contributed by atoms with E-state index in [-0.39, 0.29) is 17.3 Å². The molecule has 0 aliphatic heterocycles. The van der Waals surface area contributed by atoms with E-state index in [1.807, 2.05) is 20.8 Å². The van der Waals surface area contributed by atoms with Gasteiger partial charge < -0.3 is 5.32 Å². The number of hydrogen-bond donors (Lipinski definition) is 2. The van der Waals surface area contributed by atoms with E-state index >= 15 is 0 Å². The first-order valence-corrected chi connectivity index (χ1v) is 7.68. The van der Waals surface area contributed by atoms with Crippen molar-refractivity contribution in [2.45, 2.75) is 32.1 Å². The number of aryl methyl sites for hydroxylation is 2. The Morgan fingerprint density at radius 3 is 2.47 bits per heavy atom. The Kier molecular flexibility index (Phi) is 5.50. The molecule has 1 amide bonds. The Balaban J connectivity index is 2.70. The van der Waals surface area contributed by atoms with Gasteiger partial charge in [0.2, 0.25) is 15.9 Å². The lowest BCUT2D eigenvalue weighted by Gasteiger charge is -2.08. The molecule has 1 aromatic rings. The van der Waals surface area contributed by atoms with Crippen molar-refractivity contribution in [1.29, 1.82) is 0 Å². The Morgan fingerprint density at radius 2 is 1.89 bits per heavy atom. The van der Waals surface area contributed by atoms with Crippen LogP contribution < -0.4 is 10.0 Å². The summed E-state index contributed by atoms with van der Waals surface area (Å²) in [6.07, 6.45) is 0.815. The molecule has 0 bridgehead atoms. The molecule has 0 heterocycles. The molecule has 0 spiro atoms. The summed E-state index contributed by atoms with van der Waals surface area (Å²) in [5.41, 5.74) is 1.93. The highest BCUT2D eigenvalue weighted by atomic mass is 32.2. The molecule has 2 N–H and O–H groups in total. The van der Waals surface area contributed by atoms with Crippen LogP contribution in [-0.4, -0.2) is 27.4 Å². The maximum absolute atomic E-state index is 12.0. The Morgan fingerprint density at radius 1 is 1.21 bits per heavy atom. The zero-order valence-corrected chi connectivity index (χ0v) is 12.3. The van der Waals surface area contributed by atoms with E-state index in [9.17, 15) is 13.2 Å². The lowest BCUT2D eigenvalue weighted by atomic mass is 10.1. The maximum atomic E-state index is 12.0. The third kappa shape index (κ3) is 4.65. The van der Waals surface area contributed by atoms with Crippen LogP contribution in [0.1, 0.15) is 24.5 Å². The minimum Gasteiger partial charge on any atom is -0.355 e. The summed E-state index contributed by atoms with van der Waals surface area (Å²) in [6.45, 7) is 6.00. The molecule has 0 fully saturated rings. The average molecular weight is 284 g/mol. The standard InChI is InChI=1S/C13H20N2O3S/c1-4-7-14-13(16)9-15-19(17,18)12-6-5-10(2)11(3)8-12/h5-6,8,15H,4,7,9H2,1-3H3,(H,14,16). The van der Waals surface area contributed by atoms with Crippen molar-refractivity contribution in [3.05, 3.63) is 29.3 Å². The number of hydrogen-bond acceptors (Lipinski definition) is 3. The predicted molar refractivity (Wildman–Crippen MR) is 74.4 cm³/mol. The van der Waals surface area contributed by atoms with Crippen LogP contribution in [0.25, 0.3) is 0 Å². The van der Waals surface area contributed by atoms with Gasteiger partial charge in [-0.2, -0.15) is 0 Å². The summed E-state index contributed by atoms with van der Waals surface area (Å²) in [7, 11) is -3.63. The Hall–Kier alpha value is -1.40. The van der Waals surface area contributed by atoms with Crippen molar-refractivity contribution in [3.8, 4) is 0 Å². The molecule has 0 aromatic heterocycles. The van der Waals surface area contributed by atoms with Crippen LogP contribution in [-0.2, 0) is 14.8 Å². The smallest absolute Gasteiger partial charge is 0.241 e. The molecule has 6 heteroatoms. The lowest BCUT2D eigenvalue weighted by Crippen LogP contribution is -2.37. The highest BCUT2D eigenvalue weighted by molar-refractivity contribution is 7.89. The Labute approximate surface area is 114 Å². The van der Waals surface area contributed by atoms with Gasteiger partial charge in [-0.3, -0.25) is 4.79 Å². The molecule has 0 saturated heterocycles. The summed E-state index contributed by atoms with van der Waals surface area (Å²) in [4.78, 5) is 11.5. The second-order valence-electron chi connectivity index (χ2n) is 4.42.